The monoisotopic (exact) mass is 2190 g/mol. The molecular weight excluding hydrogens is 2100 g/mol. The molecule has 0 aliphatic carbocycles. The molecule has 0 amide bonds. The first-order chi connectivity index (χ1) is 60.3. The smallest absolute Gasteiger partial charge is 0.144 e. The quantitative estimate of drug-likeness (QED) is 0.101. The average molecular weight is 2190 g/mol. The first-order valence-corrected chi connectivity index (χ1v) is 41.6. The Labute approximate surface area is 781 Å². The van der Waals surface area contributed by atoms with Gasteiger partial charge in [-0.2, -0.15) is 0 Å². The number of benzene rings is 12. The van der Waals surface area contributed by atoms with Gasteiger partial charge >= 0.3 is 0 Å². The SMILES string of the molecule is CC(C)(C)c1cc(-c2ccc3c4ccccc4n(-c4[c-]c(-c5cc(-c6ccccc6)ccn5)ccc4)c3n2)c(O)c(C(C)(C)C)c1.Cc1cc(C)c(O)c(-c2ccc3c4ccccc4n(-c4[c-]c(-c5cc(-c6ccccc6)ccn5)ccc4)c3n2)c1.Oc1ccccc1-c1ccc2c3ccccc3n(-c3[c-]c(-c4cc(-c5ccccc5)ccn4)ccc3)c2n1.[Pt].[Pt].[Pt]. The van der Waals surface area contributed by atoms with Gasteiger partial charge in [0.2, 0.25) is 0 Å². The largest absolute Gasteiger partial charge is 0.507 e. The van der Waals surface area contributed by atoms with E-state index in [9.17, 15) is 15.3 Å². The van der Waals surface area contributed by atoms with E-state index in [-0.39, 0.29) is 91.3 Å². The van der Waals surface area contributed by atoms with Crippen molar-refractivity contribution in [3.8, 4) is 135 Å². The second-order valence-corrected chi connectivity index (χ2v) is 33.4. The van der Waals surface area contributed by atoms with Crippen molar-refractivity contribution in [3.63, 3.8) is 0 Å². The first kappa shape index (κ1) is 86.9. The minimum Gasteiger partial charge on any atom is -0.507 e. The number of pyridine rings is 6. The minimum atomic E-state index is -0.236. The van der Waals surface area contributed by atoms with Crippen molar-refractivity contribution in [1.29, 1.82) is 0 Å². The van der Waals surface area contributed by atoms with Crippen LogP contribution in [0.15, 0.2) is 358 Å². The Hall–Kier alpha value is -13.6. The molecule has 0 fully saturated rings. The van der Waals surface area contributed by atoms with Crippen molar-refractivity contribution in [1.82, 2.24) is 43.6 Å². The van der Waals surface area contributed by atoms with Crippen LogP contribution in [0.1, 0.15) is 63.8 Å². The maximum absolute atomic E-state index is 11.7. The third-order valence-electron chi connectivity index (χ3n) is 23.0. The molecule has 0 atom stereocenters. The number of hydrogen-bond donors (Lipinski definition) is 3. The topological polar surface area (TPSA) is 153 Å². The molecule has 9 heterocycles. The molecule has 9 aromatic heterocycles. The third kappa shape index (κ3) is 17.3. The van der Waals surface area contributed by atoms with E-state index in [1.807, 2.05) is 190 Å². The molecule has 0 unspecified atom stereocenters. The Morgan fingerprint density at radius 3 is 0.992 bits per heavy atom. The summed E-state index contributed by atoms with van der Waals surface area (Å²) >= 11 is 0. The Kier molecular flexibility index (Phi) is 25.0. The fourth-order valence-corrected chi connectivity index (χ4v) is 16.8. The van der Waals surface area contributed by atoms with Crippen LogP contribution in [-0.2, 0) is 74.0 Å². The standard InChI is InChI=1S/C42H38N3O.C36H26N3O.C34H22N3O.3Pt/c1-41(2,3)30-25-34(39(46)35(26-30)42(4,5)6)36-20-19-33-32-17-10-11-18-38(32)45(40(33)44-36)31-16-12-15-29(23-31)37-24-28(21-22-43-37)27-13-8-7-9-14-27;1-23-19-24(2)35(40)31(20-23)32-16-15-30-29-13-6-7-14-34(29)39(36(30)38-32)28-12-8-11-27(21-28)33-22-26(17-18-37-33)25-9-4-3-5-10-25;38-33-16-7-5-14-29(33)30-18-17-28-27-13-4-6-15-32(27)37(34(28)36-30)26-12-8-11-25(21-26)31-22-24(19-20-35-31)23-9-2-1-3-10-23;;;/h7-22,24-26,46H,1-6H3;3-20,22,40H,1-2H3;1-20,22,38H;;;/q3*-1;;;. The molecule has 21 rings (SSSR count). The maximum Gasteiger partial charge on any atom is 0.144 e. The summed E-state index contributed by atoms with van der Waals surface area (Å²) in [6, 6.07) is 126. The first-order valence-electron chi connectivity index (χ1n) is 41.6. The molecule has 0 spiro atoms. The van der Waals surface area contributed by atoms with Crippen molar-refractivity contribution < 1.29 is 78.5 Å². The zero-order valence-electron chi connectivity index (χ0n) is 70.9. The van der Waals surface area contributed by atoms with E-state index in [0.717, 1.165) is 189 Å². The van der Waals surface area contributed by atoms with Crippen LogP contribution >= 0.6 is 0 Å². The van der Waals surface area contributed by atoms with Crippen molar-refractivity contribution in [2.75, 3.05) is 0 Å². The summed E-state index contributed by atoms with van der Waals surface area (Å²) in [7, 11) is 0. The fourth-order valence-electron chi connectivity index (χ4n) is 16.8. The van der Waals surface area contributed by atoms with Crippen molar-refractivity contribution in [3.05, 3.63) is 399 Å². The van der Waals surface area contributed by atoms with Crippen LogP contribution in [0, 0.1) is 32.0 Å². The molecule has 3 N–H and O–H groups in total. The Morgan fingerprint density at radius 2 is 0.622 bits per heavy atom. The van der Waals surface area contributed by atoms with Gasteiger partial charge < -0.3 is 44.0 Å². The van der Waals surface area contributed by atoms with Crippen molar-refractivity contribution in [2.24, 2.45) is 0 Å². The number of phenols is 3. The number of nitrogens with zero attached hydrogens (tertiary/aromatic N) is 9. The Morgan fingerprint density at radius 1 is 0.276 bits per heavy atom. The van der Waals surface area contributed by atoms with Gasteiger partial charge in [-0.15, -0.1) is 89.5 Å². The van der Waals surface area contributed by atoms with E-state index in [1.165, 1.54) is 5.56 Å². The summed E-state index contributed by atoms with van der Waals surface area (Å²) < 4.78 is 6.46. The van der Waals surface area contributed by atoms with Gasteiger partial charge in [0.15, 0.2) is 0 Å². The number of phenolic OH excluding ortho intramolecular Hbond substituents is 3. The molecule has 12 nitrogen and oxygen atoms in total. The molecule has 12 aromatic carbocycles. The molecule has 0 bridgehead atoms. The van der Waals surface area contributed by atoms with Crippen LogP contribution in [0.5, 0.6) is 17.2 Å². The summed E-state index contributed by atoms with van der Waals surface area (Å²) in [5.41, 5.74) is 28.3. The Balaban J connectivity index is 0.000000139. The van der Waals surface area contributed by atoms with Gasteiger partial charge in [0.25, 0.3) is 0 Å². The van der Waals surface area contributed by atoms with E-state index in [1.54, 1.807) is 6.07 Å². The number of aromatic hydroxyl groups is 3. The van der Waals surface area contributed by atoms with E-state index in [0.29, 0.717) is 11.3 Å². The van der Waals surface area contributed by atoms with Crippen molar-refractivity contribution in [2.45, 2.75) is 66.2 Å². The third-order valence-corrected chi connectivity index (χ3v) is 23.0. The van der Waals surface area contributed by atoms with Gasteiger partial charge in [-0.1, -0.05) is 230 Å². The van der Waals surface area contributed by atoms with Crippen LogP contribution in [0.25, 0.3) is 184 Å². The van der Waals surface area contributed by atoms with Crippen LogP contribution < -0.4 is 0 Å². The molecule has 15 heteroatoms. The van der Waals surface area contributed by atoms with E-state index >= 15 is 0 Å². The maximum atomic E-state index is 11.7. The van der Waals surface area contributed by atoms with Gasteiger partial charge in [0.05, 0.1) is 33.6 Å². The Bertz CT molecular complexity index is 7660. The zero-order valence-corrected chi connectivity index (χ0v) is 77.7. The van der Waals surface area contributed by atoms with Gasteiger partial charge in [-0.25, -0.2) is 15.0 Å². The van der Waals surface area contributed by atoms with Gasteiger partial charge in [0, 0.05) is 136 Å². The molecule has 127 heavy (non-hydrogen) atoms. The summed E-state index contributed by atoms with van der Waals surface area (Å²) in [6.45, 7) is 17.0. The molecule has 21 aromatic rings. The number of hydrogen-bond acceptors (Lipinski definition) is 9. The van der Waals surface area contributed by atoms with Crippen molar-refractivity contribution >= 4 is 65.8 Å². The van der Waals surface area contributed by atoms with Gasteiger partial charge in [-0.3, -0.25) is 0 Å². The molecule has 630 valence electrons. The molecular formula is C112H86N9O3Pt3-3. The minimum absolute atomic E-state index is 0. The van der Waals surface area contributed by atoms with Gasteiger partial charge in [-0.05, 0) is 206 Å². The van der Waals surface area contributed by atoms with Crippen LogP contribution in [0.4, 0.5) is 0 Å². The summed E-state index contributed by atoms with van der Waals surface area (Å²) in [4.78, 5) is 29.5. The van der Waals surface area contributed by atoms with Crippen LogP contribution in [0.3, 0.4) is 0 Å². The normalized spacial score (nSPS) is 11.4. The van der Waals surface area contributed by atoms with E-state index in [2.05, 4.69) is 259 Å². The number of rotatable bonds is 12. The van der Waals surface area contributed by atoms with E-state index in [4.69, 9.17) is 19.9 Å². The molecule has 0 aliphatic heterocycles. The number of para-hydroxylation sites is 4. The van der Waals surface area contributed by atoms with Crippen LogP contribution in [-0.4, -0.2) is 58.9 Å². The fraction of sp³-hybridized carbons (Fsp3) is 0.0893. The molecule has 0 aliphatic rings. The second-order valence-electron chi connectivity index (χ2n) is 33.4. The predicted molar refractivity (Wildman–Crippen MR) is 506 cm³/mol. The second kappa shape index (κ2) is 36.5. The molecule has 0 saturated heterocycles. The van der Waals surface area contributed by atoms with E-state index < -0.39 is 0 Å². The molecule has 0 radical (unpaired) electrons. The van der Waals surface area contributed by atoms with Gasteiger partial charge in [0.1, 0.15) is 34.2 Å². The number of aromatic nitrogens is 9. The van der Waals surface area contributed by atoms with Crippen LogP contribution in [0.2, 0.25) is 0 Å². The molecule has 0 saturated carbocycles. The number of fused-ring (bicyclic) bond motifs is 9. The number of aryl methyl sites for hydroxylation is 2. The predicted octanol–water partition coefficient (Wildman–Crippen LogP) is 27.4. The zero-order chi connectivity index (χ0) is 84.9. The summed E-state index contributed by atoms with van der Waals surface area (Å²) in [5, 5.41) is 39.5. The average Bonchev–Trinajstić information content (AvgIpc) is 1.60. The summed E-state index contributed by atoms with van der Waals surface area (Å²) in [5.74, 6) is 0.755. The summed E-state index contributed by atoms with van der Waals surface area (Å²) in [6.07, 6.45) is 5.55.